The molecule has 0 radical (unpaired) electrons. The molecule has 34 heavy (non-hydrogen) atoms. The Kier molecular flexibility index (Phi) is 7.15. The van der Waals surface area contributed by atoms with Crippen LogP contribution in [0.25, 0.3) is 0 Å². The lowest BCUT2D eigenvalue weighted by atomic mass is 10.1. The van der Waals surface area contributed by atoms with E-state index in [9.17, 15) is 13.2 Å². The average molecular weight is 487 g/mol. The number of anilines is 1. The number of amides is 1. The number of carbonyl (C=O) groups excluding carboxylic acids is 1. The van der Waals surface area contributed by atoms with Gasteiger partial charge in [-0.05, 0) is 11.6 Å². The van der Waals surface area contributed by atoms with Crippen LogP contribution in [-0.2, 0) is 21.3 Å². The van der Waals surface area contributed by atoms with E-state index in [1.165, 1.54) is 36.9 Å². The number of sulfonamides is 1. The van der Waals surface area contributed by atoms with Crippen LogP contribution in [-0.4, -0.2) is 68.9 Å². The number of ether oxygens (including phenoxy) is 3. The first-order chi connectivity index (χ1) is 16.4. The quantitative estimate of drug-likeness (QED) is 0.520. The third kappa shape index (κ3) is 5.06. The van der Waals surface area contributed by atoms with Gasteiger partial charge in [0, 0.05) is 25.4 Å². The molecule has 1 N–H and O–H groups in total. The minimum Gasteiger partial charge on any atom is -0.493 e. The molecule has 2 aromatic carbocycles. The lowest BCUT2D eigenvalue weighted by Gasteiger charge is -2.26. The van der Waals surface area contributed by atoms with Gasteiger partial charge in [-0.2, -0.15) is 9.40 Å². The van der Waals surface area contributed by atoms with E-state index < -0.39 is 15.9 Å². The molecule has 2 heterocycles. The summed E-state index contributed by atoms with van der Waals surface area (Å²) in [4.78, 5) is 13.1. The predicted octanol–water partition coefficient (Wildman–Crippen LogP) is 2.22. The second-order valence-corrected chi connectivity index (χ2v) is 9.53. The van der Waals surface area contributed by atoms with Crippen LogP contribution >= 0.6 is 0 Å². The second kappa shape index (κ2) is 10.2. The minimum absolute atomic E-state index is 0.0319. The van der Waals surface area contributed by atoms with Crippen LogP contribution in [0.3, 0.4) is 0 Å². The smallest absolute Gasteiger partial charge is 0.259 e. The fourth-order valence-corrected chi connectivity index (χ4v) is 5.13. The molecule has 1 aromatic heterocycles. The first-order valence-electron chi connectivity index (χ1n) is 10.6. The zero-order valence-electron chi connectivity index (χ0n) is 18.9. The van der Waals surface area contributed by atoms with E-state index in [2.05, 4.69) is 10.4 Å². The molecule has 3 aromatic rings. The van der Waals surface area contributed by atoms with E-state index >= 15 is 0 Å². The van der Waals surface area contributed by atoms with Gasteiger partial charge in [0.25, 0.3) is 5.91 Å². The second-order valence-electron chi connectivity index (χ2n) is 7.59. The summed E-state index contributed by atoms with van der Waals surface area (Å²) in [5.41, 5.74) is 1.56. The lowest BCUT2D eigenvalue weighted by molar-refractivity contribution is 0.0730. The maximum absolute atomic E-state index is 13.2. The summed E-state index contributed by atoms with van der Waals surface area (Å²) in [6.07, 6.45) is 3.22. The minimum atomic E-state index is -3.86. The molecule has 0 saturated carbocycles. The van der Waals surface area contributed by atoms with Crippen LogP contribution in [0, 0.1) is 0 Å². The molecule has 0 atom stereocenters. The summed E-state index contributed by atoms with van der Waals surface area (Å²) in [5, 5.41) is 7.05. The van der Waals surface area contributed by atoms with E-state index in [1.807, 2.05) is 30.3 Å². The number of carbonyl (C=O) groups is 1. The van der Waals surface area contributed by atoms with Crippen LogP contribution < -0.4 is 14.8 Å². The Morgan fingerprint density at radius 3 is 2.53 bits per heavy atom. The third-order valence-corrected chi connectivity index (χ3v) is 7.26. The Balaban J connectivity index is 1.61. The first kappa shape index (κ1) is 23.7. The Morgan fingerprint density at radius 1 is 1.12 bits per heavy atom. The monoisotopic (exact) mass is 486 g/mol. The molecule has 11 heteroatoms. The maximum Gasteiger partial charge on any atom is 0.259 e. The molecular formula is C23H26N4O6S. The van der Waals surface area contributed by atoms with Gasteiger partial charge in [0.15, 0.2) is 11.5 Å². The highest BCUT2D eigenvalue weighted by molar-refractivity contribution is 7.89. The number of nitrogens with one attached hydrogen (secondary N) is 1. The first-order valence-corrected chi connectivity index (χ1v) is 12.1. The number of methoxy groups -OCH3 is 2. The number of nitrogens with zero attached hydrogens (tertiary/aromatic N) is 3. The Labute approximate surface area is 198 Å². The van der Waals surface area contributed by atoms with Gasteiger partial charge in [-0.3, -0.25) is 9.48 Å². The fourth-order valence-electron chi connectivity index (χ4n) is 3.68. The van der Waals surface area contributed by atoms with Crippen molar-refractivity contribution in [3.8, 4) is 11.5 Å². The number of hydrogen-bond acceptors (Lipinski definition) is 7. The lowest BCUT2D eigenvalue weighted by Crippen LogP contribution is -2.40. The highest BCUT2D eigenvalue weighted by atomic mass is 32.2. The summed E-state index contributed by atoms with van der Waals surface area (Å²) < 4.78 is 45.4. The van der Waals surface area contributed by atoms with Crippen molar-refractivity contribution in [2.24, 2.45) is 0 Å². The van der Waals surface area contributed by atoms with Crippen LogP contribution in [0.5, 0.6) is 11.5 Å². The van der Waals surface area contributed by atoms with Crippen molar-refractivity contribution in [1.82, 2.24) is 14.1 Å². The van der Waals surface area contributed by atoms with Gasteiger partial charge in [-0.1, -0.05) is 30.3 Å². The van der Waals surface area contributed by atoms with Crippen molar-refractivity contribution in [2.75, 3.05) is 45.8 Å². The van der Waals surface area contributed by atoms with Crippen molar-refractivity contribution in [2.45, 2.75) is 11.4 Å². The average Bonchev–Trinajstić information content (AvgIpc) is 3.30. The number of morpholine rings is 1. The Morgan fingerprint density at radius 2 is 1.85 bits per heavy atom. The molecule has 1 saturated heterocycles. The van der Waals surface area contributed by atoms with Gasteiger partial charge in [0.2, 0.25) is 10.0 Å². The largest absolute Gasteiger partial charge is 0.493 e. The SMILES string of the molecule is COc1cc(S(=O)(=O)N2CCOCC2)cc(C(=O)Nc2cnn(Cc3ccccc3)c2)c1OC. The Bertz CT molecular complexity index is 1250. The van der Waals surface area contributed by atoms with Gasteiger partial charge >= 0.3 is 0 Å². The molecule has 10 nitrogen and oxygen atoms in total. The molecular weight excluding hydrogens is 460 g/mol. The molecule has 1 amide bonds. The zero-order valence-corrected chi connectivity index (χ0v) is 19.7. The van der Waals surface area contributed by atoms with Gasteiger partial charge in [-0.15, -0.1) is 0 Å². The number of hydrogen-bond donors (Lipinski definition) is 1. The van der Waals surface area contributed by atoms with Crippen LogP contribution in [0.15, 0.2) is 59.8 Å². The molecule has 1 fully saturated rings. The summed E-state index contributed by atoms with van der Waals surface area (Å²) in [7, 11) is -1.08. The molecule has 4 rings (SSSR count). The van der Waals surface area contributed by atoms with Crippen molar-refractivity contribution in [3.05, 3.63) is 66.0 Å². The van der Waals surface area contributed by atoms with Gasteiger partial charge in [-0.25, -0.2) is 8.42 Å². The van der Waals surface area contributed by atoms with Crippen LogP contribution in [0.1, 0.15) is 15.9 Å². The standard InChI is InChI=1S/C23H26N4O6S/c1-31-21-13-19(34(29,30)27-8-10-33-11-9-27)12-20(22(21)32-2)23(28)25-18-14-24-26(16-18)15-17-6-4-3-5-7-17/h3-7,12-14,16H,8-11,15H2,1-2H3,(H,25,28). The van der Waals surface area contributed by atoms with Crippen molar-refractivity contribution in [1.29, 1.82) is 0 Å². The van der Waals surface area contributed by atoms with Crippen molar-refractivity contribution < 1.29 is 27.4 Å². The van der Waals surface area contributed by atoms with Crippen LogP contribution in [0.4, 0.5) is 5.69 Å². The molecule has 180 valence electrons. The van der Waals surface area contributed by atoms with Crippen LogP contribution in [0.2, 0.25) is 0 Å². The van der Waals surface area contributed by atoms with E-state index in [0.29, 0.717) is 25.4 Å². The molecule has 1 aliphatic heterocycles. The Hall–Kier alpha value is -3.41. The molecule has 0 unspecified atom stereocenters. The van der Waals surface area contributed by atoms with E-state index in [0.717, 1.165) is 5.56 Å². The zero-order chi connectivity index (χ0) is 24.1. The molecule has 0 aliphatic carbocycles. The van der Waals surface area contributed by atoms with Gasteiger partial charge in [0.05, 0.1) is 56.3 Å². The summed E-state index contributed by atoms with van der Waals surface area (Å²) in [6.45, 7) is 1.64. The van der Waals surface area contributed by atoms with E-state index in [4.69, 9.17) is 14.2 Å². The van der Waals surface area contributed by atoms with Gasteiger partial charge in [0.1, 0.15) is 0 Å². The maximum atomic E-state index is 13.2. The van der Waals surface area contributed by atoms with Gasteiger partial charge < -0.3 is 19.5 Å². The van der Waals surface area contributed by atoms with Crippen molar-refractivity contribution >= 4 is 21.6 Å². The number of rotatable bonds is 8. The summed E-state index contributed by atoms with van der Waals surface area (Å²) >= 11 is 0. The van der Waals surface area contributed by atoms with E-state index in [1.54, 1.807) is 10.9 Å². The summed E-state index contributed by atoms with van der Waals surface area (Å²) in [5.74, 6) is -0.271. The highest BCUT2D eigenvalue weighted by Gasteiger charge is 2.30. The third-order valence-electron chi connectivity index (χ3n) is 5.38. The summed E-state index contributed by atoms with van der Waals surface area (Å²) in [6, 6.07) is 12.5. The van der Waals surface area contributed by atoms with Crippen molar-refractivity contribution in [3.63, 3.8) is 0 Å². The number of benzene rings is 2. The molecule has 1 aliphatic rings. The topological polar surface area (TPSA) is 112 Å². The molecule has 0 bridgehead atoms. The molecule has 0 spiro atoms. The normalized spacial score (nSPS) is 14.5. The van der Waals surface area contributed by atoms with E-state index in [-0.39, 0.29) is 35.0 Å². The predicted molar refractivity (Wildman–Crippen MR) is 125 cm³/mol. The number of aromatic nitrogens is 2. The fraction of sp³-hybridized carbons (Fsp3) is 0.304. The highest BCUT2D eigenvalue weighted by Crippen LogP contribution is 2.35.